The standard InChI is InChI=1S/C17H16FO5P/c1-21-24(20,22-2)17(13-8-10-14(18)11-9-13)16(23-17)15(19)12-6-4-3-5-7-12/h3-11,16H,1-2H3/t16-,17-/m0/s1. The zero-order chi connectivity index (χ0) is 17.4. The van der Waals surface area contributed by atoms with E-state index in [0.29, 0.717) is 11.1 Å². The average Bonchev–Trinajstić information content (AvgIpc) is 3.39. The second-order valence-corrected chi connectivity index (χ2v) is 7.68. The van der Waals surface area contributed by atoms with Crippen LogP contribution < -0.4 is 0 Å². The van der Waals surface area contributed by atoms with Crippen molar-refractivity contribution in [1.82, 2.24) is 0 Å². The Hall–Kier alpha value is -1.85. The molecule has 0 spiro atoms. The molecule has 0 aromatic heterocycles. The second-order valence-electron chi connectivity index (χ2n) is 5.29. The van der Waals surface area contributed by atoms with Gasteiger partial charge in [-0.15, -0.1) is 0 Å². The van der Waals surface area contributed by atoms with Gasteiger partial charge in [0, 0.05) is 19.8 Å². The minimum absolute atomic E-state index is 0.339. The summed E-state index contributed by atoms with van der Waals surface area (Å²) < 4.78 is 42.1. The fraction of sp³-hybridized carbons (Fsp3) is 0.235. The molecular weight excluding hydrogens is 334 g/mol. The monoisotopic (exact) mass is 350 g/mol. The van der Waals surface area contributed by atoms with Gasteiger partial charge in [-0.3, -0.25) is 9.36 Å². The molecule has 0 aliphatic carbocycles. The quantitative estimate of drug-likeness (QED) is 0.451. The van der Waals surface area contributed by atoms with Crippen LogP contribution in [0.1, 0.15) is 15.9 Å². The number of epoxide rings is 1. The molecule has 5 nitrogen and oxygen atoms in total. The van der Waals surface area contributed by atoms with E-state index >= 15 is 0 Å². The van der Waals surface area contributed by atoms with Gasteiger partial charge in [0.2, 0.25) is 5.34 Å². The summed E-state index contributed by atoms with van der Waals surface area (Å²) in [6, 6.07) is 13.8. The van der Waals surface area contributed by atoms with Crippen molar-refractivity contribution in [2.75, 3.05) is 14.2 Å². The summed E-state index contributed by atoms with van der Waals surface area (Å²) in [4.78, 5) is 12.7. The van der Waals surface area contributed by atoms with Crippen molar-refractivity contribution in [1.29, 1.82) is 0 Å². The Balaban J connectivity index is 2.05. The fourth-order valence-corrected chi connectivity index (χ4v) is 4.55. The molecule has 126 valence electrons. The largest absolute Gasteiger partial charge is 0.369 e. The molecule has 7 heteroatoms. The molecule has 1 saturated heterocycles. The minimum atomic E-state index is -3.81. The van der Waals surface area contributed by atoms with Crippen molar-refractivity contribution in [3.05, 3.63) is 71.5 Å². The van der Waals surface area contributed by atoms with Gasteiger partial charge in [-0.25, -0.2) is 4.39 Å². The molecule has 3 rings (SSSR count). The molecule has 0 unspecified atom stereocenters. The number of ketones is 1. The number of rotatable bonds is 6. The van der Waals surface area contributed by atoms with Crippen LogP contribution in [0, 0.1) is 5.82 Å². The number of Topliss-reactive ketones (excluding diaryl/α,β-unsaturated/α-hetero) is 1. The predicted octanol–water partition coefficient (Wildman–Crippen LogP) is 3.75. The Labute approximate surface area is 138 Å². The van der Waals surface area contributed by atoms with Crippen LogP contribution in [-0.4, -0.2) is 26.1 Å². The van der Waals surface area contributed by atoms with E-state index in [0.717, 1.165) is 0 Å². The van der Waals surface area contributed by atoms with E-state index in [4.69, 9.17) is 13.8 Å². The molecule has 24 heavy (non-hydrogen) atoms. The maximum Gasteiger partial charge on any atom is 0.369 e. The third-order valence-corrected chi connectivity index (χ3v) is 6.41. The normalized spacial score (nSPS) is 23.0. The number of hydrogen-bond donors (Lipinski definition) is 0. The number of carbonyl (C=O) groups excluding carboxylic acids is 1. The zero-order valence-electron chi connectivity index (χ0n) is 13.1. The van der Waals surface area contributed by atoms with E-state index in [1.54, 1.807) is 30.3 Å². The molecule has 1 aliphatic heterocycles. The topological polar surface area (TPSA) is 65.1 Å². The molecular formula is C17H16FO5P. The van der Waals surface area contributed by atoms with E-state index in [9.17, 15) is 13.8 Å². The maximum atomic E-state index is 13.2. The Morgan fingerprint density at radius 1 is 1.08 bits per heavy atom. The average molecular weight is 350 g/mol. The number of hydrogen-bond acceptors (Lipinski definition) is 5. The smallest absolute Gasteiger partial charge is 0.339 e. The molecule has 0 amide bonds. The Bertz CT molecular complexity index is 784. The van der Waals surface area contributed by atoms with Crippen LogP contribution >= 0.6 is 7.60 Å². The summed E-state index contributed by atoms with van der Waals surface area (Å²) in [6.45, 7) is 0. The van der Waals surface area contributed by atoms with Crippen molar-refractivity contribution in [2.24, 2.45) is 0 Å². The molecule has 1 aliphatic rings. The summed E-state index contributed by atoms with van der Waals surface area (Å²) in [5.41, 5.74) is 0.787. The van der Waals surface area contributed by atoms with Crippen molar-refractivity contribution < 1.29 is 27.5 Å². The first-order valence-corrected chi connectivity index (χ1v) is 8.77. The number of ether oxygens (including phenoxy) is 1. The van der Waals surface area contributed by atoms with Crippen LogP contribution in [0.25, 0.3) is 0 Å². The zero-order valence-corrected chi connectivity index (χ0v) is 14.0. The lowest BCUT2D eigenvalue weighted by molar-refractivity contribution is 0.0953. The highest BCUT2D eigenvalue weighted by Crippen LogP contribution is 2.74. The molecule has 0 radical (unpaired) electrons. The maximum absolute atomic E-state index is 13.2. The third kappa shape index (κ3) is 2.52. The molecule has 0 N–H and O–H groups in total. The van der Waals surface area contributed by atoms with Gasteiger partial charge in [0.1, 0.15) is 5.82 Å². The molecule has 0 bridgehead atoms. The summed E-state index contributed by atoms with van der Waals surface area (Å²) in [6.07, 6.45) is -1.03. The molecule has 1 fully saturated rings. The van der Waals surface area contributed by atoms with Crippen LogP contribution in [0.2, 0.25) is 0 Å². The minimum Gasteiger partial charge on any atom is -0.339 e. The second kappa shape index (κ2) is 6.22. The van der Waals surface area contributed by atoms with Gasteiger partial charge < -0.3 is 13.8 Å². The first-order chi connectivity index (χ1) is 11.5. The van der Waals surface area contributed by atoms with Crippen molar-refractivity contribution in [2.45, 2.75) is 11.4 Å². The first-order valence-electron chi connectivity index (χ1n) is 7.23. The summed E-state index contributed by atoms with van der Waals surface area (Å²) in [5, 5.41) is -1.57. The fourth-order valence-electron chi connectivity index (χ4n) is 2.75. The number of halogens is 1. The van der Waals surface area contributed by atoms with Crippen LogP contribution in [0.4, 0.5) is 4.39 Å². The SMILES string of the molecule is COP(=O)(OC)[C@]1(c2ccc(F)cc2)O[C@H]1C(=O)c1ccccc1. The molecule has 0 saturated carbocycles. The van der Waals surface area contributed by atoms with E-state index in [1.165, 1.54) is 38.5 Å². The van der Waals surface area contributed by atoms with Crippen molar-refractivity contribution >= 4 is 13.4 Å². The highest BCUT2D eigenvalue weighted by atomic mass is 31.2. The van der Waals surface area contributed by atoms with Crippen LogP contribution in [0.5, 0.6) is 0 Å². The predicted molar refractivity (Wildman–Crippen MR) is 85.3 cm³/mol. The highest BCUT2D eigenvalue weighted by Gasteiger charge is 2.74. The Morgan fingerprint density at radius 2 is 1.67 bits per heavy atom. The van der Waals surface area contributed by atoms with Crippen LogP contribution in [-0.2, 0) is 23.7 Å². The van der Waals surface area contributed by atoms with Gasteiger partial charge in [0.05, 0.1) is 0 Å². The molecule has 1 heterocycles. The summed E-state index contributed by atoms with van der Waals surface area (Å²) in [7, 11) is -1.36. The lowest BCUT2D eigenvalue weighted by Crippen LogP contribution is -2.21. The van der Waals surface area contributed by atoms with Gasteiger partial charge in [0.25, 0.3) is 0 Å². The summed E-state index contributed by atoms with van der Waals surface area (Å²) in [5.74, 6) is -0.792. The molecule has 2 atom stereocenters. The van der Waals surface area contributed by atoms with E-state index in [-0.39, 0.29) is 5.78 Å². The van der Waals surface area contributed by atoms with Gasteiger partial charge in [-0.1, -0.05) is 42.5 Å². The van der Waals surface area contributed by atoms with Crippen LogP contribution in [0.15, 0.2) is 54.6 Å². The van der Waals surface area contributed by atoms with Crippen molar-refractivity contribution in [3.8, 4) is 0 Å². The van der Waals surface area contributed by atoms with Gasteiger partial charge in [-0.05, 0) is 17.7 Å². The number of carbonyl (C=O) groups is 1. The van der Waals surface area contributed by atoms with Crippen LogP contribution in [0.3, 0.4) is 0 Å². The van der Waals surface area contributed by atoms with Gasteiger partial charge >= 0.3 is 7.60 Å². The van der Waals surface area contributed by atoms with Gasteiger partial charge in [-0.2, -0.15) is 0 Å². The lowest BCUT2D eigenvalue weighted by Gasteiger charge is -2.22. The van der Waals surface area contributed by atoms with Gasteiger partial charge in [0.15, 0.2) is 11.9 Å². The summed E-state index contributed by atoms with van der Waals surface area (Å²) >= 11 is 0. The lowest BCUT2D eigenvalue weighted by atomic mass is 10.0. The Kier molecular flexibility index (Phi) is 4.40. The first kappa shape index (κ1) is 17.0. The van der Waals surface area contributed by atoms with E-state index < -0.39 is 24.9 Å². The van der Waals surface area contributed by atoms with E-state index in [1.807, 2.05) is 0 Å². The van der Waals surface area contributed by atoms with Crippen molar-refractivity contribution in [3.63, 3.8) is 0 Å². The molecule has 2 aromatic carbocycles. The third-order valence-electron chi connectivity index (χ3n) is 4.04. The number of benzene rings is 2. The molecule has 2 aromatic rings. The Morgan fingerprint density at radius 3 is 2.21 bits per heavy atom. The van der Waals surface area contributed by atoms with E-state index in [2.05, 4.69) is 0 Å². The highest BCUT2D eigenvalue weighted by molar-refractivity contribution is 7.55.